The Balaban J connectivity index is 2.34. The Bertz CT molecular complexity index is 412. The van der Waals surface area contributed by atoms with Crippen molar-refractivity contribution in [1.82, 2.24) is 4.98 Å². The summed E-state index contributed by atoms with van der Waals surface area (Å²) in [5.41, 5.74) is 6.19. The molecule has 1 heterocycles. The molecule has 2 rings (SSSR count). The van der Waals surface area contributed by atoms with Crippen LogP contribution in [0.2, 0.25) is 0 Å². The second kappa shape index (κ2) is 4.12. The van der Waals surface area contributed by atoms with Crippen molar-refractivity contribution in [2.45, 2.75) is 31.4 Å². The lowest BCUT2D eigenvalue weighted by Gasteiger charge is -2.35. The first-order valence-electron chi connectivity index (χ1n) is 5.08. The highest BCUT2D eigenvalue weighted by atomic mass is 32.1. The number of carbonyl (C=O) groups is 1. The van der Waals surface area contributed by atoms with E-state index in [1.165, 1.54) is 18.4 Å². The first kappa shape index (κ1) is 11.5. The van der Waals surface area contributed by atoms with Gasteiger partial charge < -0.3 is 15.6 Å². The van der Waals surface area contributed by atoms with Crippen molar-refractivity contribution in [3.8, 4) is 0 Å². The zero-order valence-electron chi connectivity index (χ0n) is 9.02. The van der Waals surface area contributed by atoms with Crippen LogP contribution in [0.4, 0.5) is 0 Å². The van der Waals surface area contributed by atoms with Gasteiger partial charge in [0.2, 0.25) is 0 Å². The maximum absolute atomic E-state index is 11.0. The number of methoxy groups -OCH3 is 1. The van der Waals surface area contributed by atoms with Gasteiger partial charge in [-0.05, 0) is 19.3 Å². The third kappa shape index (κ3) is 1.83. The summed E-state index contributed by atoms with van der Waals surface area (Å²) in [7, 11) is 1.52. The van der Waals surface area contributed by atoms with Crippen molar-refractivity contribution in [1.29, 1.82) is 0 Å². The number of carboxylic acid groups (broad SMARTS) is 1. The van der Waals surface area contributed by atoms with Crippen molar-refractivity contribution < 1.29 is 14.6 Å². The molecule has 0 aromatic carbocycles. The number of carboxylic acids is 1. The molecule has 1 aromatic rings. The van der Waals surface area contributed by atoms with E-state index in [4.69, 9.17) is 15.6 Å². The van der Waals surface area contributed by atoms with Crippen molar-refractivity contribution in [3.05, 3.63) is 15.6 Å². The standard InChI is InChI=1S/C10H14N2O3S/c1-15-5-6-7(8(13)14)16-9(12-6)10(11)3-2-4-10/h2-5,11H2,1H3,(H,13,14). The zero-order chi connectivity index (χ0) is 11.8. The molecule has 0 radical (unpaired) electrons. The van der Waals surface area contributed by atoms with Crippen molar-refractivity contribution in [2.75, 3.05) is 7.11 Å². The minimum atomic E-state index is -0.960. The predicted molar refractivity (Wildman–Crippen MR) is 59.5 cm³/mol. The van der Waals surface area contributed by atoms with E-state index in [0.29, 0.717) is 5.69 Å². The second-order valence-electron chi connectivity index (χ2n) is 4.04. The highest BCUT2D eigenvalue weighted by Crippen LogP contribution is 2.41. The van der Waals surface area contributed by atoms with Crippen LogP contribution in [0.25, 0.3) is 0 Å². The van der Waals surface area contributed by atoms with Crippen LogP contribution in [0, 0.1) is 0 Å². The monoisotopic (exact) mass is 242 g/mol. The molecular weight excluding hydrogens is 228 g/mol. The Hall–Kier alpha value is -0.980. The van der Waals surface area contributed by atoms with Gasteiger partial charge in [0, 0.05) is 7.11 Å². The van der Waals surface area contributed by atoms with Crippen LogP contribution in [0.5, 0.6) is 0 Å². The number of aromatic carboxylic acids is 1. The number of hydrogen-bond acceptors (Lipinski definition) is 5. The van der Waals surface area contributed by atoms with Gasteiger partial charge in [-0.15, -0.1) is 11.3 Å². The van der Waals surface area contributed by atoms with E-state index >= 15 is 0 Å². The highest BCUT2D eigenvalue weighted by Gasteiger charge is 2.38. The van der Waals surface area contributed by atoms with Crippen LogP contribution in [-0.4, -0.2) is 23.2 Å². The minimum Gasteiger partial charge on any atom is -0.477 e. The van der Waals surface area contributed by atoms with Crippen LogP contribution in [-0.2, 0) is 16.9 Å². The SMILES string of the molecule is COCc1nc(C2(N)CCC2)sc1C(=O)O. The first-order valence-corrected chi connectivity index (χ1v) is 5.90. The van der Waals surface area contributed by atoms with Crippen LogP contribution in [0.3, 0.4) is 0 Å². The molecule has 0 saturated heterocycles. The van der Waals surface area contributed by atoms with E-state index < -0.39 is 11.5 Å². The third-order valence-corrected chi connectivity index (χ3v) is 4.15. The average Bonchev–Trinajstić information content (AvgIpc) is 2.59. The lowest BCUT2D eigenvalue weighted by Crippen LogP contribution is -2.43. The Morgan fingerprint density at radius 2 is 2.38 bits per heavy atom. The summed E-state index contributed by atoms with van der Waals surface area (Å²) in [6.45, 7) is 0.216. The van der Waals surface area contributed by atoms with Gasteiger partial charge in [-0.1, -0.05) is 0 Å². The summed E-state index contributed by atoms with van der Waals surface area (Å²) < 4.78 is 4.94. The first-order chi connectivity index (χ1) is 7.57. The summed E-state index contributed by atoms with van der Waals surface area (Å²) in [6.07, 6.45) is 2.84. The van der Waals surface area contributed by atoms with Crippen molar-refractivity contribution in [3.63, 3.8) is 0 Å². The van der Waals surface area contributed by atoms with E-state index in [1.54, 1.807) is 0 Å². The van der Waals surface area contributed by atoms with E-state index in [-0.39, 0.29) is 11.5 Å². The molecule has 88 valence electrons. The fourth-order valence-corrected chi connectivity index (χ4v) is 2.80. The molecule has 5 nitrogen and oxygen atoms in total. The molecule has 16 heavy (non-hydrogen) atoms. The van der Waals surface area contributed by atoms with Gasteiger partial charge >= 0.3 is 5.97 Å². The molecule has 0 bridgehead atoms. The van der Waals surface area contributed by atoms with Crippen LogP contribution >= 0.6 is 11.3 Å². The highest BCUT2D eigenvalue weighted by molar-refractivity contribution is 7.13. The quantitative estimate of drug-likeness (QED) is 0.831. The van der Waals surface area contributed by atoms with Crippen molar-refractivity contribution in [2.24, 2.45) is 5.73 Å². The van der Waals surface area contributed by atoms with E-state index in [1.807, 2.05) is 0 Å². The Labute approximate surface area is 97.2 Å². The molecule has 1 aliphatic rings. The van der Waals surface area contributed by atoms with Crippen LogP contribution in [0.1, 0.15) is 39.6 Å². The largest absolute Gasteiger partial charge is 0.477 e. The Kier molecular flexibility index (Phi) is 2.96. The number of thiazole rings is 1. The summed E-state index contributed by atoms with van der Waals surface area (Å²) in [5.74, 6) is -0.960. The number of nitrogens with two attached hydrogens (primary N) is 1. The molecule has 0 unspecified atom stereocenters. The molecule has 3 N–H and O–H groups in total. The molecular formula is C10H14N2O3S. The Morgan fingerprint density at radius 3 is 2.81 bits per heavy atom. The van der Waals surface area contributed by atoms with Crippen LogP contribution < -0.4 is 5.73 Å². The molecule has 1 aromatic heterocycles. The number of aromatic nitrogens is 1. The maximum Gasteiger partial charge on any atom is 0.347 e. The zero-order valence-corrected chi connectivity index (χ0v) is 9.84. The molecule has 1 saturated carbocycles. The number of ether oxygens (including phenoxy) is 1. The summed E-state index contributed by atoms with van der Waals surface area (Å²) >= 11 is 1.17. The minimum absolute atomic E-state index is 0.216. The third-order valence-electron chi connectivity index (χ3n) is 2.84. The maximum atomic E-state index is 11.0. The Morgan fingerprint density at radius 1 is 1.69 bits per heavy atom. The molecule has 1 aliphatic carbocycles. The van der Waals surface area contributed by atoms with Gasteiger partial charge in [0.1, 0.15) is 9.88 Å². The number of hydrogen-bond donors (Lipinski definition) is 2. The van der Waals surface area contributed by atoms with Crippen molar-refractivity contribution >= 4 is 17.3 Å². The molecule has 0 aliphatic heterocycles. The fourth-order valence-electron chi connectivity index (χ4n) is 1.74. The normalized spacial score (nSPS) is 18.1. The predicted octanol–water partition coefficient (Wildman–Crippen LogP) is 1.33. The average molecular weight is 242 g/mol. The van der Waals surface area contributed by atoms with Crippen LogP contribution in [0.15, 0.2) is 0 Å². The van der Waals surface area contributed by atoms with Gasteiger partial charge in [0.15, 0.2) is 0 Å². The molecule has 0 amide bonds. The smallest absolute Gasteiger partial charge is 0.347 e. The topological polar surface area (TPSA) is 85.4 Å². The van der Waals surface area contributed by atoms with Gasteiger partial charge in [0.05, 0.1) is 17.8 Å². The molecule has 1 fully saturated rings. The summed E-state index contributed by atoms with van der Waals surface area (Å²) in [6, 6.07) is 0. The molecule has 6 heteroatoms. The summed E-state index contributed by atoms with van der Waals surface area (Å²) in [4.78, 5) is 15.6. The van der Waals surface area contributed by atoms with Gasteiger partial charge in [-0.2, -0.15) is 0 Å². The number of nitrogens with zero attached hydrogens (tertiary/aromatic N) is 1. The molecule has 0 spiro atoms. The summed E-state index contributed by atoms with van der Waals surface area (Å²) in [5, 5.41) is 9.76. The second-order valence-corrected chi connectivity index (χ2v) is 5.04. The van der Waals surface area contributed by atoms with Gasteiger partial charge in [-0.3, -0.25) is 0 Å². The van der Waals surface area contributed by atoms with Gasteiger partial charge in [0.25, 0.3) is 0 Å². The van der Waals surface area contributed by atoms with Gasteiger partial charge in [-0.25, -0.2) is 9.78 Å². The lowest BCUT2D eigenvalue weighted by molar-refractivity contribution is 0.0697. The van der Waals surface area contributed by atoms with E-state index in [2.05, 4.69) is 4.98 Å². The fraction of sp³-hybridized carbons (Fsp3) is 0.600. The molecule has 0 atom stereocenters. The number of rotatable bonds is 4. The van der Waals surface area contributed by atoms with E-state index in [9.17, 15) is 4.79 Å². The lowest BCUT2D eigenvalue weighted by atomic mass is 9.78. The van der Waals surface area contributed by atoms with E-state index in [0.717, 1.165) is 24.3 Å².